The molecule has 0 amide bonds. The van der Waals surface area contributed by atoms with E-state index in [0.29, 0.717) is 16.5 Å². The summed E-state index contributed by atoms with van der Waals surface area (Å²) in [6, 6.07) is 13.8. The Hall–Kier alpha value is -1.79. The second-order valence-electron chi connectivity index (χ2n) is 7.41. The van der Waals surface area contributed by atoms with Crippen LogP contribution in [-0.2, 0) is 15.6 Å². The van der Waals surface area contributed by atoms with Crippen LogP contribution in [0.5, 0.6) is 0 Å². The summed E-state index contributed by atoms with van der Waals surface area (Å²) in [5.74, 6) is 0.125. The van der Waals surface area contributed by atoms with E-state index in [4.69, 9.17) is 23.2 Å². The lowest BCUT2D eigenvalue weighted by molar-refractivity contribution is 0.515. The molecular weight excluding hydrogens is 427 g/mol. The van der Waals surface area contributed by atoms with Crippen LogP contribution in [0.4, 0.5) is 0 Å². The van der Waals surface area contributed by atoms with Crippen LogP contribution in [0.25, 0.3) is 16.5 Å². The van der Waals surface area contributed by atoms with E-state index in [1.807, 2.05) is 18.2 Å². The zero-order valence-corrected chi connectivity index (χ0v) is 18.1. The van der Waals surface area contributed by atoms with Crippen LogP contribution in [0.1, 0.15) is 24.0 Å². The van der Waals surface area contributed by atoms with E-state index < -0.39 is 9.84 Å². The predicted octanol–water partition coefficient (Wildman–Crippen LogP) is 5.23. The Morgan fingerprint density at radius 2 is 1.83 bits per heavy atom. The molecule has 3 aromatic rings. The third-order valence-electron chi connectivity index (χ3n) is 5.33. The first-order chi connectivity index (χ1) is 13.9. The zero-order valence-electron chi connectivity index (χ0n) is 15.8. The zero-order chi connectivity index (χ0) is 20.4. The maximum Gasteiger partial charge on any atom is 0.154 e. The fourth-order valence-corrected chi connectivity index (χ4v) is 5.61. The minimum Gasteiger partial charge on any atom is -0.361 e. The molecular formula is C22H22Cl2N2O2S. The molecule has 2 N–H and O–H groups in total. The number of nitrogens with one attached hydrogen (secondary N) is 2. The molecule has 1 aliphatic heterocycles. The van der Waals surface area contributed by atoms with Crippen LogP contribution in [-0.4, -0.2) is 31.7 Å². The minimum atomic E-state index is -3.26. The Balaban J connectivity index is 1.41. The molecule has 0 saturated carbocycles. The molecule has 0 spiro atoms. The fourth-order valence-electron chi connectivity index (χ4n) is 3.79. The van der Waals surface area contributed by atoms with Crippen molar-refractivity contribution in [3.8, 4) is 0 Å². The highest BCUT2D eigenvalue weighted by atomic mass is 35.5. The van der Waals surface area contributed by atoms with E-state index in [1.54, 1.807) is 18.3 Å². The van der Waals surface area contributed by atoms with Crippen molar-refractivity contribution in [1.29, 1.82) is 0 Å². The monoisotopic (exact) mass is 448 g/mol. The van der Waals surface area contributed by atoms with Crippen LogP contribution in [0.2, 0.25) is 10.0 Å². The van der Waals surface area contributed by atoms with Crippen LogP contribution < -0.4 is 5.32 Å². The molecule has 29 heavy (non-hydrogen) atoms. The largest absolute Gasteiger partial charge is 0.361 e. The number of aromatic nitrogens is 1. The number of hydrogen-bond acceptors (Lipinski definition) is 3. The third kappa shape index (κ3) is 4.86. The van der Waals surface area contributed by atoms with Crippen LogP contribution in [0.3, 0.4) is 0 Å². The van der Waals surface area contributed by atoms with Gasteiger partial charge < -0.3 is 10.3 Å². The van der Waals surface area contributed by atoms with E-state index in [2.05, 4.69) is 28.5 Å². The standard InChI is InChI=1S/C22H22Cl2N2O2S/c23-20-11-19-17(13-26-22(19)12-21(20)24)14-29(27,28)9-7-18-10-16(6-8-25-18)15-4-2-1-3-5-15/h1-6,11-13,18,25-26H,7-10,14H2. The molecule has 0 aliphatic carbocycles. The van der Waals surface area contributed by atoms with Gasteiger partial charge in [-0.2, -0.15) is 0 Å². The summed E-state index contributed by atoms with van der Waals surface area (Å²) in [5.41, 5.74) is 3.99. The number of rotatable bonds is 6. The molecule has 1 atom stereocenters. The van der Waals surface area contributed by atoms with E-state index in [0.717, 1.165) is 29.4 Å². The Morgan fingerprint density at radius 3 is 2.62 bits per heavy atom. The Labute approximate surface area is 180 Å². The number of sulfone groups is 1. The molecule has 152 valence electrons. The van der Waals surface area contributed by atoms with Crippen molar-refractivity contribution < 1.29 is 8.42 Å². The Morgan fingerprint density at radius 1 is 1.07 bits per heavy atom. The quantitative estimate of drug-likeness (QED) is 0.542. The van der Waals surface area contributed by atoms with E-state index >= 15 is 0 Å². The number of hydrogen-bond donors (Lipinski definition) is 2. The van der Waals surface area contributed by atoms with Gasteiger partial charge in [-0.25, -0.2) is 8.42 Å². The van der Waals surface area contributed by atoms with E-state index in [-0.39, 0.29) is 17.5 Å². The number of fused-ring (bicyclic) bond motifs is 1. The average molecular weight is 449 g/mol. The average Bonchev–Trinajstić information content (AvgIpc) is 3.08. The topological polar surface area (TPSA) is 62.0 Å². The summed E-state index contributed by atoms with van der Waals surface area (Å²) in [6.45, 7) is 0.761. The highest BCUT2D eigenvalue weighted by molar-refractivity contribution is 7.90. The lowest BCUT2D eigenvalue weighted by Gasteiger charge is -2.24. The van der Waals surface area contributed by atoms with Crippen molar-refractivity contribution in [3.05, 3.63) is 75.9 Å². The Kier molecular flexibility index (Phi) is 6.02. The molecule has 1 aliphatic rings. The molecule has 2 heterocycles. The van der Waals surface area contributed by atoms with Gasteiger partial charge in [0, 0.05) is 29.7 Å². The number of aromatic amines is 1. The lowest BCUT2D eigenvalue weighted by Crippen LogP contribution is -2.34. The summed E-state index contributed by atoms with van der Waals surface area (Å²) in [7, 11) is -3.26. The van der Waals surface area contributed by atoms with Gasteiger partial charge in [0.05, 0.1) is 21.6 Å². The highest BCUT2D eigenvalue weighted by Crippen LogP contribution is 2.30. The van der Waals surface area contributed by atoms with Gasteiger partial charge in [0.2, 0.25) is 0 Å². The molecule has 1 aromatic heterocycles. The molecule has 1 unspecified atom stereocenters. The van der Waals surface area contributed by atoms with Crippen molar-refractivity contribution in [2.75, 3.05) is 12.3 Å². The smallest absolute Gasteiger partial charge is 0.154 e. The maximum absolute atomic E-state index is 12.8. The third-order valence-corrected chi connectivity index (χ3v) is 7.66. The van der Waals surface area contributed by atoms with Gasteiger partial charge in [-0.05, 0) is 41.7 Å². The fraction of sp³-hybridized carbons (Fsp3) is 0.273. The van der Waals surface area contributed by atoms with Gasteiger partial charge in [-0.3, -0.25) is 0 Å². The van der Waals surface area contributed by atoms with Crippen LogP contribution >= 0.6 is 23.2 Å². The summed E-state index contributed by atoms with van der Waals surface area (Å²) >= 11 is 12.1. The normalized spacial score (nSPS) is 17.4. The van der Waals surface area contributed by atoms with Crippen molar-refractivity contribution >= 4 is 49.5 Å². The summed E-state index contributed by atoms with van der Waals surface area (Å²) < 4.78 is 25.5. The van der Waals surface area contributed by atoms with Crippen molar-refractivity contribution in [2.45, 2.75) is 24.6 Å². The van der Waals surface area contributed by atoms with E-state index in [9.17, 15) is 8.42 Å². The molecule has 0 bridgehead atoms. The van der Waals surface area contributed by atoms with Gasteiger partial charge in [-0.1, -0.05) is 59.6 Å². The molecule has 0 fully saturated rings. The summed E-state index contributed by atoms with van der Waals surface area (Å²) in [5, 5.41) is 5.08. The molecule has 7 heteroatoms. The summed E-state index contributed by atoms with van der Waals surface area (Å²) in [6.07, 6.45) is 5.33. The van der Waals surface area contributed by atoms with Gasteiger partial charge in [0.15, 0.2) is 9.84 Å². The van der Waals surface area contributed by atoms with Crippen LogP contribution in [0.15, 0.2) is 54.7 Å². The van der Waals surface area contributed by atoms with Crippen molar-refractivity contribution in [3.63, 3.8) is 0 Å². The molecule has 0 saturated heterocycles. The second kappa shape index (κ2) is 8.52. The van der Waals surface area contributed by atoms with E-state index in [1.165, 1.54) is 11.1 Å². The van der Waals surface area contributed by atoms with Gasteiger partial charge in [-0.15, -0.1) is 0 Å². The lowest BCUT2D eigenvalue weighted by atomic mass is 9.94. The van der Waals surface area contributed by atoms with Crippen molar-refractivity contribution in [1.82, 2.24) is 10.3 Å². The molecule has 4 rings (SSSR count). The summed E-state index contributed by atoms with van der Waals surface area (Å²) in [4.78, 5) is 3.08. The number of benzene rings is 2. The van der Waals surface area contributed by atoms with Crippen molar-refractivity contribution in [2.24, 2.45) is 0 Å². The molecule has 0 radical (unpaired) electrons. The van der Waals surface area contributed by atoms with Gasteiger partial charge in [0.25, 0.3) is 0 Å². The minimum absolute atomic E-state index is 0.0148. The number of halogens is 2. The highest BCUT2D eigenvalue weighted by Gasteiger charge is 2.21. The SMILES string of the molecule is O=S(=O)(CCC1CC(c2ccccc2)=CCN1)Cc1c[nH]c2cc(Cl)c(Cl)cc12. The maximum atomic E-state index is 12.8. The number of H-pyrrole nitrogens is 1. The first-order valence-electron chi connectivity index (χ1n) is 9.54. The first kappa shape index (κ1) is 20.5. The first-order valence-corrected chi connectivity index (χ1v) is 12.1. The second-order valence-corrected chi connectivity index (χ2v) is 10.4. The predicted molar refractivity (Wildman–Crippen MR) is 121 cm³/mol. The molecule has 2 aromatic carbocycles. The Bertz CT molecular complexity index is 1150. The van der Waals surface area contributed by atoms with Crippen LogP contribution in [0, 0.1) is 0 Å². The van der Waals surface area contributed by atoms with Gasteiger partial charge >= 0.3 is 0 Å². The van der Waals surface area contributed by atoms with Gasteiger partial charge in [0.1, 0.15) is 0 Å². The molecule has 4 nitrogen and oxygen atoms in total.